The van der Waals surface area contributed by atoms with E-state index in [1.54, 1.807) is 0 Å². The van der Waals surface area contributed by atoms with Crippen LogP contribution in [0.15, 0.2) is 36.4 Å². The van der Waals surface area contributed by atoms with Crippen LogP contribution < -0.4 is 5.11 Å². The van der Waals surface area contributed by atoms with Crippen LogP contribution in [0, 0.1) is 0 Å². The second-order valence-electron chi connectivity index (χ2n) is 2.06. The molecule has 0 heterocycles. The van der Waals surface area contributed by atoms with Crippen LogP contribution in [-0.2, 0) is 4.79 Å². The Morgan fingerprint density at radius 1 is 1.25 bits per heavy atom. The average Bonchev–Trinajstić information content (AvgIpc) is 2.03. The summed E-state index contributed by atoms with van der Waals surface area (Å²) >= 11 is 0. The van der Waals surface area contributed by atoms with Gasteiger partial charge in [0, 0.05) is 0 Å². The maximum Gasteiger partial charge on any atom is 1.00 e. The van der Waals surface area contributed by atoms with Gasteiger partial charge in [0.25, 0.3) is 0 Å². The zero-order chi connectivity index (χ0) is 8.10. The van der Waals surface area contributed by atoms with Crippen molar-refractivity contribution >= 4 is 39.3 Å². The van der Waals surface area contributed by atoms with E-state index in [-0.39, 0.29) is 27.3 Å². The van der Waals surface area contributed by atoms with Crippen molar-refractivity contribution in [2.45, 2.75) is 0 Å². The molecule has 0 atom stereocenters. The molecule has 0 radical (unpaired) electrons. The molecule has 0 aliphatic heterocycles. The summed E-state index contributed by atoms with van der Waals surface area (Å²) in [5.74, 6) is -1.17. The first-order valence-corrected chi connectivity index (χ1v) is 3.23. The molecule has 0 aromatic heterocycles. The molecule has 0 fully saturated rings. The number of benzene rings is 1. The van der Waals surface area contributed by atoms with E-state index in [9.17, 15) is 9.90 Å². The molecule has 1 aromatic rings. The molecule has 2 nitrogen and oxygen atoms in total. The van der Waals surface area contributed by atoms with Gasteiger partial charge in [-0.2, -0.15) is 0 Å². The van der Waals surface area contributed by atoms with Crippen molar-refractivity contribution in [3.05, 3.63) is 42.0 Å². The number of hydrogen-bond acceptors (Lipinski definition) is 2. The molecule has 0 N–H and O–H groups in total. The molecule has 0 amide bonds. The van der Waals surface area contributed by atoms with Crippen LogP contribution in [0.5, 0.6) is 0 Å². The molecule has 0 bridgehead atoms. The number of carboxylic acid groups (broad SMARTS) is 1. The van der Waals surface area contributed by atoms with Crippen molar-refractivity contribution in [1.29, 1.82) is 0 Å². The Labute approximate surface area is 91.1 Å². The van der Waals surface area contributed by atoms with Gasteiger partial charge < -0.3 is 9.90 Å². The number of hydrogen-bond donors (Lipinski definition) is 0. The minimum absolute atomic E-state index is 0. The van der Waals surface area contributed by atoms with E-state index in [2.05, 4.69) is 0 Å². The fourth-order valence-electron chi connectivity index (χ4n) is 0.728. The largest absolute Gasteiger partial charge is 1.00 e. The smallest absolute Gasteiger partial charge is 0.545 e. The molecule has 0 saturated carbocycles. The van der Waals surface area contributed by atoms with Gasteiger partial charge in [0.2, 0.25) is 0 Å². The Balaban J connectivity index is 0.00000121. The fourth-order valence-corrected chi connectivity index (χ4v) is 0.728. The molecule has 1 rings (SSSR count). The zero-order valence-electron chi connectivity index (χ0n) is 6.44. The molecule has 58 valence electrons. The summed E-state index contributed by atoms with van der Waals surface area (Å²) in [4.78, 5) is 9.97. The van der Waals surface area contributed by atoms with Gasteiger partial charge in [-0.15, -0.1) is 0 Å². The molecule has 0 aliphatic rings. The van der Waals surface area contributed by atoms with Gasteiger partial charge in [-0.25, -0.2) is 0 Å². The minimum Gasteiger partial charge on any atom is -0.545 e. The molecule has 0 saturated heterocycles. The van der Waals surface area contributed by atoms with E-state index in [1.165, 1.54) is 6.08 Å². The molecule has 1 aromatic carbocycles. The average molecular weight is 352 g/mol. The number of carbonyl (C=O) groups excluding carboxylic acids is 1. The van der Waals surface area contributed by atoms with E-state index in [0.29, 0.717) is 0 Å². The Morgan fingerprint density at radius 2 is 1.83 bits per heavy atom. The third kappa shape index (κ3) is 4.28. The van der Waals surface area contributed by atoms with Crippen molar-refractivity contribution in [2.75, 3.05) is 0 Å². The first kappa shape index (κ1) is 11.4. The van der Waals surface area contributed by atoms with Gasteiger partial charge in [-0.05, 0) is 11.6 Å². The van der Waals surface area contributed by atoms with Gasteiger partial charge in [-0.1, -0.05) is 36.4 Å². The van der Waals surface area contributed by atoms with Crippen molar-refractivity contribution in [2.24, 2.45) is 0 Å². The number of aliphatic carboxylic acids is 1. The van der Waals surface area contributed by atoms with E-state index in [4.69, 9.17) is 0 Å². The maximum atomic E-state index is 9.97. The molecule has 0 spiro atoms. The molecular weight excluding hydrogens is 344 g/mol. The van der Waals surface area contributed by atoms with Crippen molar-refractivity contribution in [3.63, 3.8) is 0 Å². The van der Waals surface area contributed by atoms with Crippen LogP contribution in [0.25, 0.3) is 6.08 Å². The number of carbonyl (C=O) groups is 1. The Kier molecular flexibility index (Phi) is 5.61. The summed E-state index contributed by atoms with van der Waals surface area (Å²) in [5.41, 5.74) is 0.858. The second kappa shape index (κ2) is 5.93. The van der Waals surface area contributed by atoms with Crippen molar-refractivity contribution in [1.82, 2.24) is 0 Å². The summed E-state index contributed by atoms with van der Waals surface area (Å²) in [6, 6.07) is 9.19. The molecule has 12 heavy (non-hydrogen) atoms. The topological polar surface area (TPSA) is 40.1 Å². The van der Waals surface area contributed by atoms with Gasteiger partial charge in [0.05, 0.1) is 5.97 Å². The molecule has 0 unspecified atom stereocenters. The van der Waals surface area contributed by atoms with Gasteiger partial charge >= 0.3 is 27.3 Å². The van der Waals surface area contributed by atoms with Gasteiger partial charge in [0.15, 0.2) is 0 Å². The summed E-state index contributed by atoms with van der Waals surface area (Å²) in [6.07, 6.45) is 2.50. The van der Waals surface area contributed by atoms with Crippen molar-refractivity contribution < 1.29 is 9.90 Å². The monoisotopic (exact) mass is 352 g/mol. The Bertz CT molecular complexity index is 267. The molecular formula is C9H7O2Tl. The summed E-state index contributed by atoms with van der Waals surface area (Å²) in [5, 5.41) is 9.97. The van der Waals surface area contributed by atoms with Crippen LogP contribution in [-0.4, -0.2) is 33.3 Å². The van der Waals surface area contributed by atoms with Crippen LogP contribution >= 0.6 is 0 Å². The van der Waals surface area contributed by atoms with Crippen LogP contribution in [0.1, 0.15) is 5.56 Å². The normalized spacial score (nSPS) is 9.33. The number of carboxylic acids is 1. The summed E-state index contributed by atoms with van der Waals surface area (Å²) < 4.78 is 0. The van der Waals surface area contributed by atoms with E-state index in [1.807, 2.05) is 30.3 Å². The first-order chi connectivity index (χ1) is 5.29. The quantitative estimate of drug-likeness (QED) is 0.559. The minimum atomic E-state index is -1.17. The third-order valence-electron chi connectivity index (χ3n) is 1.21. The first-order valence-electron chi connectivity index (χ1n) is 3.23. The van der Waals surface area contributed by atoms with Gasteiger partial charge in [-0.3, -0.25) is 0 Å². The molecule has 0 aliphatic carbocycles. The van der Waals surface area contributed by atoms with Crippen LogP contribution in [0.2, 0.25) is 0 Å². The maximum absolute atomic E-state index is 9.97. The second-order valence-corrected chi connectivity index (χ2v) is 2.06. The predicted molar refractivity (Wildman–Crippen MR) is 46.2 cm³/mol. The van der Waals surface area contributed by atoms with E-state index >= 15 is 0 Å². The van der Waals surface area contributed by atoms with E-state index in [0.717, 1.165) is 11.6 Å². The summed E-state index contributed by atoms with van der Waals surface area (Å²) in [6.45, 7) is 0. The van der Waals surface area contributed by atoms with E-state index < -0.39 is 5.97 Å². The predicted octanol–water partition coefficient (Wildman–Crippen LogP) is 0.0689. The Morgan fingerprint density at radius 3 is 2.33 bits per heavy atom. The van der Waals surface area contributed by atoms with Crippen molar-refractivity contribution in [3.8, 4) is 0 Å². The third-order valence-corrected chi connectivity index (χ3v) is 1.21. The zero-order valence-corrected chi connectivity index (χ0v) is 10.9. The number of rotatable bonds is 2. The SMILES string of the molecule is O=C([O-])/C=C/c1ccccc1.[Tl+]. The van der Waals surface area contributed by atoms with Crippen LogP contribution in [0.3, 0.4) is 0 Å². The summed E-state index contributed by atoms with van der Waals surface area (Å²) in [7, 11) is 0. The Hall–Kier alpha value is -0.648. The fraction of sp³-hybridized carbons (Fsp3) is 0. The standard InChI is InChI=1S/C9H8O2.Tl/c10-9(11)7-6-8-4-2-1-3-5-8;/h1-7H,(H,10,11);/q;+1/p-1/b7-6+;. The van der Waals surface area contributed by atoms with Gasteiger partial charge in [0.1, 0.15) is 0 Å². The van der Waals surface area contributed by atoms with Crippen LogP contribution in [0.4, 0.5) is 0 Å². The molecule has 3 heteroatoms.